The molecule has 70 valence electrons. The molecule has 0 aromatic heterocycles. The van der Waals surface area contributed by atoms with Crippen LogP contribution >= 0.6 is 0 Å². The Morgan fingerprint density at radius 3 is 2.50 bits per heavy atom. The molecule has 1 saturated carbocycles. The minimum absolute atomic E-state index is 1.01. The van der Waals surface area contributed by atoms with Crippen LogP contribution in [0.3, 0.4) is 0 Å². The molecule has 1 atom stereocenters. The summed E-state index contributed by atoms with van der Waals surface area (Å²) in [7, 11) is 0. The Bertz CT molecular complexity index is 121. The van der Waals surface area contributed by atoms with Gasteiger partial charge in [-0.3, -0.25) is 0 Å². The fourth-order valence-corrected chi connectivity index (χ4v) is 2.49. The van der Waals surface area contributed by atoms with Gasteiger partial charge in [0.25, 0.3) is 0 Å². The minimum Gasteiger partial charge on any atom is -0.316 e. The molecule has 1 nitrogen and oxygen atoms in total. The van der Waals surface area contributed by atoms with Gasteiger partial charge in [0, 0.05) is 0 Å². The van der Waals surface area contributed by atoms with Crippen molar-refractivity contribution in [3.63, 3.8) is 0 Å². The summed E-state index contributed by atoms with van der Waals surface area (Å²) in [6, 6.07) is 0. The van der Waals surface area contributed by atoms with E-state index in [4.69, 9.17) is 0 Å². The lowest BCUT2D eigenvalue weighted by Crippen LogP contribution is -2.24. The van der Waals surface area contributed by atoms with E-state index in [0.717, 1.165) is 11.8 Å². The molecule has 12 heavy (non-hydrogen) atoms. The van der Waals surface area contributed by atoms with Crippen LogP contribution in [0.5, 0.6) is 0 Å². The van der Waals surface area contributed by atoms with E-state index in [9.17, 15) is 0 Å². The van der Waals surface area contributed by atoms with Gasteiger partial charge in [-0.15, -0.1) is 0 Å². The molecular formula is C11H21N. The predicted molar refractivity (Wildman–Crippen MR) is 52.2 cm³/mol. The molecule has 1 aliphatic carbocycles. The van der Waals surface area contributed by atoms with Crippen molar-refractivity contribution in [2.45, 2.75) is 44.9 Å². The van der Waals surface area contributed by atoms with E-state index in [1.807, 2.05) is 0 Å². The Morgan fingerprint density at radius 2 is 1.75 bits per heavy atom. The third-order valence-electron chi connectivity index (χ3n) is 3.54. The molecule has 1 heteroatoms. The average molecular weight is 167 g/mol. The Kier molecular flexibility index (Phi) is 3.04. The highest BCUT2D eigenvalue weighted by atomic mass is 14.9. The number of hydrogen-bond donors (Lipinski definition) is 1. The maximum atomic E-state index is 3.55. The average Bonchev–Trinajstić information content (AvgIpc) is 2.24. The molecule has 1 N–H and O–H groups in total. The van der Waals surface area contributed by atoms with Crippen LogP contribution in [-0.2, 0) is 0 Å². The normalized spacial score (nSPS) is 32.5. The van der Waals surface area contributed by atoms with Crippen molar-refractivity contribution >= 4 is 0 Å². The van der Waals surface area contributed by atoms with Gasteiger partial charge in [-0.05, 0) is 44.2 Å². The van der Waals surface area contributed by atoms with Gasteiger partial charge in [0.2, 0.25) is 0 Å². The first kappa shape index (κ1) is 8.55. The monoisotopic (exact) mass is 167 g/mol. The van der Waals surface area contributed by atoms with E-state index in [1.165, 1.54) is 58.0 Å². The zero-order chi connectivity index (χ0) is 8.23. The second kappa shape index (κ2) is 4.27. The van der Waals surface area contributed by atoms with Crippen LogP contribution < -0.4 is 5.32 Å². The maximum Gasteiger partial charge on any atom is -0.00204 e. The summed E-state index contributed by atoms with van der Waals surface area (Å²) >= 11 is 0. The van der Waals surface area contributed by atoms with Crippen molar-refractivity contribution in [1.82, 2.24) is 5.32 Å². The molecular weight excluding hydrogens is 146 g/mol. The molecule has 0 aromatic rings. The minimum atomic E-state index is 1.01. The van der Waals surface area contributed by atoms with Crippen molar-refractivity contribution in [2.24, 2.45) is 11.8 Å². The highest BCUT2D eigenvalue weighted by Gasteiger charge is 2.22. The molecule has 0 aromatic carbocycles. The van der Waals surface area contributed by atoms with Crippen LogP contribution in [0.1, 0.15) is 44.9 Å². The van der Waals surface area contributed by atoms with Crippen molar-refractivity contribution in [2.75, 3.05) is 13.1 Å². The maximum absolute atomic E-state index is 3.55. The van der Waals surface area contributed by atoms with Crippen molar-refractivity contribution < 1.29 is 0 Å². The highest BCUT2D eigenvalue weighted by molar-refractivity contribution is 4.76. The Hall–Kier alpha value is -0.0400. The van der Waals surface area contributed by atoms with Gasteiger partial charge in [0.05, 0.1) is 0 Å². The second-order valence-corrected chi connectivity index (χ2v) is 4.60. The Labute approximate surface area is 75.9 Å². The van der Waals surface area contributed by atoms with Gasteiger partial charge in [0.1, 0.15) is 0 Å². The molecule has 0 amide bonds. The van der Waals surface area contributed by atoms with E-state index >= 15 is 0 Å². The molecule has 0 bridgehead atoms. The fraction of sp³-hybridized carbons (Fsp3) is 1.00. The van der Waals surface area contributed by atoms with Gasteiger partial charge in [0.15, 0.2) is 0 Å². The fourth-order valence-electron chi connectivity index (χ4n) is 2.49. The zero-order valence-corrected chi connectivity index (χ0v) is 8.02. The van der Waals surface area contributed by atoms with E-state index in [1.54, 1.807) is 0 Å². The standard InChI is InChI=1S/C11H21N/c1-2-7-12-9-11(4-1)8-10-5-3-6-10/h10-12H,1-9H2. The first-order valence-electron chi connectivity index (χ1n) is 5.66. The first-order valence-corrected chi connectivity index (χ1v) is 5.66. The van der Waals surface area contributed by atoms with Crippen molar-refractivity contribution in [3.8, 4) is 0 Å². The van der Waals surface area contributed by atoms with Crippen molar-refractivity contribution in [3.05, 3.63) is 0 Å². The van der Waals surface area contributed by atoms with Gasteiger partial charge in [-0.1, -0.05) is 25.7 Å². The molecule has 1 unspecified atom stereocenters. The Morgan fingerprint density at radius 1 is 0.917 bits per heavy atom. The molecule has 0 radical (unpaired) electrons. The SMILES string of the molecule is C1CCC(CC2CCC2)CNC1. The molecule has 1 heterocycles. The van der Waals surface area contributed by atoms with Crippen LogP contribution in [0.4, 0.5) is 0 Å². The Balaban J connectivity index is 1.69. The van der Waals surface area contributed by atoms with E-state index < -0.39 is 0 Å². The van der Waals surface area contributed by atoms with Crippen LogP contribution in [0.2, 0.25) is 0 Å². The van der Waals surface area contributed by atoms with Gasteiger partial charge in [-0.25, -0.2) is 0 Å². The lowest BCUT2D eigenvalue weighted by Gasteiger charge is -2.29. The van der Waals surface area contributed by atoms with Gasteiger partial charge >= 0.3 is 0 Å². The largest absolute Gasteiger partial charge is 0.316 e. The molecule has 1 saturated heterocycles. The lowest BCUT2D eigenvalue weighted by molar-refractivity contribution is 0.242. The molecule has 0 spiro atoms. The molecule has 2 aliphatic rings. The van der Waals surface area contributed by atoms with E-state index in [2.05, 4.69) is 5.32 Å². The van der Waals surface area contributed by atoms with Crippen LogP contribution in [-0.4, -0.2) is 13.1 Å². The molecule has 2 rings (SSSR count). The predicted octanol–water partition coefficient (Wildman–Crippen LogP) is 2.57. The summed E-state index contributed by atoms with van der Waals surface area (Å²) in [5, 5.41) is 3.55. The summed E-state index contributed by atoms with van der Waals surface area (Å²) in [5.74, 6) is 2.12. The van der Waals surface area contributed by atoms with Gasteiger partial charge < -0.3 is 5.32 Å². The smallest absolute Gasteiger partial charge is 0.00204 e. The quantitative estimate of drug-likeness (QED) is 0.666. The highest BCUT2D eigenvalue weighted by Crippen LogP contribution is 2.33. The summed E-state index contributed by atoms with van der Waals surface area (Å²) in [5.41, 5.74) is 0. The summed E-state index contributed by atoms with van der Waals surface area (Å²) in [4.78, 5) is 0. The van der Waals surface area contributed by atoms with Crippen LogP contribution in [0.25, 0.3) is 0 Å². The third kappa shape index (κ3) is 2.22. The summed E-state index contributed by atoms with van der Waals surface area (Å²) in [6.07, 6.45) is 10.4. The second-order valence-electron chi connectivity index (χ2n) is 4.60. The van der Waals surface area contributed by atoms with E-state index in [-0.39, 0.29) is 0 Å². The molecule has 1 aliphatic heterocycles. The number of rotatable bonds is 2. The lowest BCUT2D eigenvalue weighted by atomic mass is 9.78. The van der Waals surface area contributed by atoms with E-state index in [0.29, 0.717) is 0 Å². The number of nitrogens with one attached hydrogen (secondary N) is 1. The van der Waals surface area contributed by atoms with Crippen LogP contribution in [0.15, 0.2) is 0 Å². The zero-order valence-electron chi connectivity index (χ0n) is 8.02. The first-order chi connectivity index (χ1) is 5.95. The summed E-state index contributed by atoms with van der Waals surface area (Å²) < 4.78 is 0. The molecule has 2 fully saturated rings. The topological polar surface area (TPSA) is 12.0 Å². The van der Waals surface area contributed by atoms with Gasteiger partial charge in [-0.2, -0.15) is 0 Å². The van der Waals surface area contributed by atoms with Crippen molar-refractivity contribution in [1.29, 1.82) is 0 Å². The van der Waals surface area contributed by atoms with Crippen LogP contribution in [0, 0.1) is 11.8 Å². The summed E-state index contributed by atoms with van der Waals surface area (Å²) in [6.45, 7) is 2.57. The third-order valence-corrected chi connectivity index (χ3v) is 3.54. The number of hydrogen-bond acceptors (Lipinski definition) is 1.